The molecule has 0 spiro atoms. The molecule has 8 rings (SSSR count). The summed E-state index contributed by atoms with van der Waals surface area (Å²) in [5, 5.41) is 6.00. The lowest BCUT2D eigenvalue weighted by molar-refractivity contribution is -0.123. The molecule has 0 aliphatic rings. The number of amides is 2. The molecule has 14 nitrogen and oxygen atoms in total. The number of nitrogens with one attached hydrogen (secondary N) is 2. The topological polar surface area (TPSA) is 152 Å². The van der Waals surface area contributed by atoms with Crippen molar-refractivity contribution in [3.8, 4) is 0 Å². The molecular formula is C46H46N12O2. The average Bonchev–Trinajstić information content (AvgIpc) is 3.79. The third kappa shape index (κ3) is 10.5. The van der Waals surface area contributed by atoms with Crippen molar-refractivity contribution in [1.29, 1.82) is 0 Å². The van der Waals surface area contributed by atoms with Crippen molar-refractivity contribution in [1.82, 2.24) is 59.5 Å². The van der Waals surface area contributed by atoms with E-state index in [1.165, 1.54) is 0 Å². The first-order valence-corrected chi connectivity index (χ1v) is 20.0. The van der Waals surface area contributed by atoms with Crippen LogP contribution < -0.4 is 10.6 Å². The number of imidazole rings is 2. The quantitative estimate of drug-likeness (QED) is 0.103. The van der Waals surface area contributed by atoms with Crippen molar-refractivity contribution < 1.29 is 9.59 Å². The summed E-state index contributed by atoms with van der Waals surface area (Å²) in [5.74, 6) is 1.15. The van der Waals surface area contributed by atoms with Crippen LogP contribution in [0, 0.1) is 0 Å². The summed E-state index contributed by atoms with van der Waals surface area (Å²) in [5.41, 5.74) is 7.07. The first kappa shape index (κ1) is 39.7. The molecule has 0 radical (unpaired) electrons. The molecule has 0 aliphatic heterocycles. The summed E-state index contributed by atoms with van der Waals surface area (Å²) in [7, 11) is 0. The molecule has 8 aromatic rings. The minimum absolute atomic E-state index is 0.0721. The number of rotatable bonds is 19. The van der Waals surface area contributed by atoms with Gasteiger partial charge in [0.2, 0.25) is 11.8 Å². The van der Waals surface area contributed by atoms with Gasteiger partial charge < -0.3 is 19.8 Å². The number of hydrogen-bond acceptors (Lipinski definition) is 10. The first-order valence-electron chi connectivity index (χ1n) is 20.0. The number of aromatic nitrogens is 8. The second kappa shape index (κ2) is 19.5. The lowest BCUT2D eigenvalue weighted by Gasteiger charge is -2.22. The van der Waals surface area contributed by atoms with Crippen molar-refractivity contribution in [2.75, 3.05) is 13.1 Å². The fraction of sp³-hybridized carbons (Fsp3) is 0.217. The van der Waals surface area contributed by atoms with E-state index in [0.717, 1.165) is 56.5 Å². The predicted molar refractivity (Wildman–Crippen MR) is 228 cm³/mol. The molecule has 2 N–H and O–H groups in total. The van der Waals surface area contributed by atoms with Gasteiger partial charge in [0, 0.05) is 64.1 Å². The summed E-state index contributed by atoms with van der Waals surface area (Å²) >= 11 is 0. The van der Waals surface area contributed by atoms with Gasteiger partial charge in [-0.3, -0.25) is 39.3 Å². The van der Waals surface area contributed by atoms with Crippen LogP contribution in [0.2, 0.25) is 0 Å². The molecule has 2 amide bonds. The molecule has 302 valence electrons. The predicted octanol–water partition coefficient (Wildman–Crippen LogP) is 5.30. The number of para-hydroxylation sites is 4. The van der Waals surface area contributed by atoms with E-state index in [1.807, 2.05) is 130 Å². The molecule has 6 aromatic heterocycles. The van der Waals surface area contributed by atoms with E-state index in [9.17, 15) is 9.59 Å². The molecule has 0 unspecified atom stereocenters. The second-order valence-electron chi connectivity index (χ2n) is 14.5. The van der Waals surface area contributed by atoms with Crippen molar-refractivity contribution >= 4 is 33.9 Å². The average molecular weight is 799 g/mol. The lowest BCUT2D eigenvalue weighted by atomic mass is 10.2. The van der Waals surface area contributed by atoms with Crippen molar-refractivity contribution in [2.24, 2.45) is 0 Å². The summed E-state index contributed by atoms with van der Waals surface area (Å²) < 4.78 is 3.92. The normalized spacial score (nSPS) is 11.4. The van der Waals surface area contributed by atoms with Gasteiger partial charge in [0.15, 0.2) is 0 Å². The lowest BCUT2D eigenvalue weighted by Crippen LogP contribution is -2.38. The molecule has 0 bridgehead atoms. The molecule has 14 heteroatoms. The van der Waals surface area contributed by atoms with E-state index in [-0.39, 0.29) is 38.0 Å². The van der Waals surface area contributed by atoms with Crippen LogP contribution in [0.15, 0.2) is 146 Å². The minimum atomic E-state index is -0.182. The summed E-state index contributed by atoms with van der Waals surface area (Å²) in [6.45, 7) is 3.93. The van der Waals surface area contributed by atoms with Gasteiger partial charge in [-0.25, -0.2) is 9.97 Å². The molecular weight excluding hydrogens is 753 g/mol. The molecule has 0 fully saturated rings. The Morgan fingerprint density at radius 3 is 1.10 bits per heavy atom. The van der Waals surface area contributed by atoms with Gasteiger partial charge in [-0.15, -0.1) is 0 Å². The Morgan fingerprint density at radius 2 is 0.767 bits per heavy atom. The Labute approximate surface area is 348 Å². The van der Waals surface area contributed by atoms with Crippen LogP contribution in [-0.2, 0) is 61.9 Å². The standard InChI is InChI=1S/C46H46N12O2/c59-45(33-57-41-19-3-1-17-39(41)53-43(57)31-55(27-35-13-5-9-21-47-35)28-36-14-6-10-22-48-36)51-25-26-52-46(60)34-58-42-20-4-2-18-40(42)54-44(58)32-56(29-37-15-7-11-23-49-37)30-38-16-8-12-24-50-38/h1-24H,25-34H2,(H,51,59)(H,52,60). The van der Waals surface area contributed by atoms with Crippen LogP contribution in [0.5, 0.6) is 0 Å². The van der Waals surface area contributed by atoms with E-state index in [1.54, 1.807) is 24.8 Å². The third-order valence-corrected chi connectivity index (χ3v) is 10.0. The van der Waals surface area contributed by atoms with Gasteiger partial charge in [0.25, 0.3) is 0 Å². The Hall–Kier alpha value is -7.16. The Morgan fingerprint density at radius 1 is 0.433 bits per heavy atom. The van der Waals surface area contributed by atoms with E-state index >= 15 is 0 Å². The van der Waals surface area contributed by atoms with Crippen LogP contribution in [0.4, 0.5) is 0 Å². The SMILES string of the molecule is O=C(Cn1c(CN(Cc2ccccn2)Cc2ccccn2)nc2ccccc21)NCCNC(=O)Cn1c(CN(Cc2ccccn2)Cc2ccccn2)nc2ccccc21. The number of hydrogen-bond donors (Lipinski definition) is 2. The van der Waals surface area contributed by atoms with E-state index in [4.69, 9.17) is 9.97 Å². The summed E-state index contributed by atoms with van der Waals surface area (Å²) in [6.07, 6.45) is 7.16. The molecule has 2 aromatic carbocycles. The molecule has 6 heterocycles. The molecule has 0 saturated carbocycles. The van der Waals surface area contributed by atoms with Gasteiger partial charge in [-0.1, -0.05) is 48.5 Å². The highest BCUT2D eigenvalue weighted by Crippen LogP contribution is 2.21. The maximum absolute atomic E-state index is 13.5. The van der Waals surface area contributed by atoms with E-state index in [2.05, 4.69) is 40.4 Å². The van der Waals surface area contributed by atoms with Crippen LogP contribution >= 0.6 is 0 Å². The highest BCUT2D eigenvalue weighted by molar-refractivity contribution is 5.82. The highest BCUT2D eigenvalue weighted by atomic mass is 16.2. The zero-order valence-corrected chi connectivity index (χ0v) is 33.2. The van der Waals surface area contributed by atoms with Crippen molar-refractivity contribution in [3.63, 3.8) is 0 Å². The van der Waals surface area contributed by atoms with Crippen LogP contribution in [0.3, 0.4) is 0 Å². The number of benzene rings is 2. The summed E-state index contributed by atoms with van der Waals surface area (Å²) in [6, 6.07) is 39.2. The number of carbonyl (C=O) groups is 2. The fourth-order valence-electron chi connectivity index (χ4n) is 7.27. The highest BCUT2D eigenvalue weighted by Gasteiger charge is 2.20. The molecule has 0 aliphatic carbocycles. The summed E-state index contributed by atoms with van der Waals surface area (Å²) in [4.78, 5) is 59.6. The Balaban J connectivity index is 0.908. The van der Waals surface area contributed by atoms with Crippen LogP contribution in [0.1, 0.15) is 34.4 Å². The Kier molecular flexibility index (Phi) is 12.9. The van der Waals surface area contributed by atoms with Gasteiger partial charge >= 0.3 is 0 Å². The zero-order chi connectivity index (χ0) is 40.9. The molecule has 0 saturated heterocycles. The maximum Gasteiger partial charge on any atom is 0.240 e. The Bertz CT molecular complexity index is 2350. The maximum atomic E-state index is 13.5. The van der Waals surface area contributed by atoms with Gasteiger partial charge in [0.1, 0.15) is 24.7 Å². The molecule has 0 atom stereocenters. The van der Waals surface area contributed by atoms with Crippen molar-refractivity contribution in [3.05, 3.63) is 181 Å². The fourth-order valence-corrected chi connectivity index (χ4v) is 7.27. The number of pyridine rings is 4. The van der Waals surface area contributed by atoms with Crippen LogP contribution in [0.25, 0.3) is 22.1 Å². The second-order valence-corrected chi connectivity index (χ2v) is 14.5. The number of fused-ring (bicyclic) bond motifs is 2. The van der Waals surface area contributed by atoms with Gasteiger partial charge in [-0.05, 0) is 72.8 Å². The largest absolute Gasteiger partial charge is 0.353 e. The first-order chi connectivity index (χ1) is 29.5. The monoisotopic (exact) mass is 798 g/mol. The number of nitrogens with zero attached hydrogens (tertiary/aromatic N) is 10. The van der Waals surface area contributed by atoms with Gasteiger partial charge in [-0.2, -0.15) is 0 Å². The van der Waals surface area contributed by atoms with Crippen LogP contribution in [-0.4, -0.2) is 73.7 Å². The minimum Gasteiger partial charge on any atom is -0.353 e. The number of carbonyl (C=O) groups excluding carboxylic acids is 2. The van der Waals surface area contributed by atoms with Crippen molar-refractivity contribution in [2.45, 2.75) is 52.4 Å². The van der Waals surface area contributed by atoms with E-state index in [0.29, 0.717) is 39.3 Å². The van der Waals surface area contributed by atoms with Gasteiger partial charge in [0.05, 0.1) is 57.9 Å². The van der Waals surface area contributed by atoms with E-state index < -0.39 is 0 Å². The zero-order valence-electron chi connectivity index (χ0n) is 33.2. The molecule has 60 heavy (non-hydrogen) atoms. The third-order valence-electron chi connectivity index (χ3n) is 10.0. The smallest absolute Gasteiger partial charge is 0.240 e.